The molecule has 0 saturated carbocycles. The number of aromatic hydroxyl groups is 1. The topological polar surface area (TPSA) is 134 Å². The summed E-state index contributed by atoms with van der Waals surface area (Å²) in [6, 6.07) is 8.11. The maximum absolute atomic E-state index is 12.5. The standard InChI is InChI=1S/C16H12N6O4/c1-20-14(24)12(15(25)21(2)16(20)26)19-18-10-7-9(8-17)11-5-3-4-6-22(11)13(10)23/h3-7,24H,1-2H3. The summed E-state index contributed by atoms with van der Waals surface area (Å²) in [4.78, 5) is 36.3. The SMILES string of the molecule is Cn1c(O)c(N=Nc2cc(C#N)c3ccccn3c2=O)c(=O)n(C)c1=O. The van der Waals surface area contributed by atoms with Gasteiger partial charge in [0.2, 0.25) is 11.6 Å². The van der Waals surface area contributed by atoms with Crippen LogP contribution in [0.5, 0.6) is 5.88 Å². The summed E-state index contributed by atoms with van der Waals surface area (Å²) in [5.74, 6) is -0.678. The highest BCUT2D eigenvalue weighted by atomic mass is 16.3. The fourth-order valence-electron chi connectivity index (χ4n) is 2.40. The second-order valence-electron chi connectivity index (χ2n) is 5.39. The maximum Gasteiger partial charge on any atom is 0.333 e. The molecule has 1 N–H and O–H groups in total. The zero-order valence-electron chi connectivity index (χ0n) is 13.7. The van der Waals surface area contributed by atoms with Gasteiger partial charge in [0.1, 0.15) is 6.07 Å². The minimum atomic E-state index is -0.865. The molecular formula is C16H12N6O4. The van der Waals surface area contributed by atoms with Crippen molar-refractivity contribution in [1.29, 1.82) is 5.26 Å². The fourth-order valence-corrected chi connectivity index (χ4v) is 2.40. The third kappa shape index (κ3) is 2.48. The normalized spacial score (nSPS) is 11.1. The molecule has 0 aliphatic carbocycles. The summed E-state index contributed by atoms with van der Waals surface area (Å²) in [5.41, 5.74) is -2.24. The Kier molecular flexibility index (Phi) is 3.98. The van der Waals surface area contributed by atoms with Gasteiger partial charge in [-0.3, -0.25) is 23.1 Å². The van der Waals surface area contributed by atoms with E-state index in [1.807, 2.05) is 6.07 Å². The zero-order chi connectivity index (χ0) is 19.0. The summed E-state index contributed by atoms with van der Waals surface area (Å²) >= 11 is 0. The molecule has 0 saturated heterocycles. The van der Waals surface area contributed by atoms with Crippen LogP contribution in [0.1, 0.15) is 5.56 Å². The molecular weight excluding hydrogens is 340 g/mol. The average Bonchev–Trinajstić information content (AvgIpc) is 2.66. The number of rotatable bonds is 2. The molecule has 0 atom stereocenters. The molecule has 3 aromatic heterocycles. The van der Waals surface area contributed by atoms with E-state index in [2.05, 4.69) is 10.2 Å². The maximum atomic E-state index is 12.5. The van der Waals surface area contributed by atoms with E-state index in [0.29, 0.717) is 5.52 Å². The van der Waals surface area contributed by atoms with Crippen LogP contribution in [0.4, 0.5) is 11.4 Å². The number of hydrogen-bond acceptors (Lipinski definition) is 7. The van der Waals surface area contributed by atoms with Crippen molar-refractivity contribution in [3.63, 3.8) is 0 Å². The highest BCUT2D eigenvalue weighted by Gasteiger charge is 2.15. The van der Waals surface area contributed by atoms with Crippen LogP contribution in [0, 0.1) is 11.3 Å². The lowest BCUT2D eigenvalue weighted by Gasteiger charge is -2.06. The van der Waals surface area contributed by atoms with Crippen molar-refractivity contribution in [2.45, 2.75) is 0 Å². The van der Waals surface area contributed by atoms with Gasteiger partial charge in [-0.15, -0.1) is 10.2 Å². The van der Waals surface area contributed by atoms with Gasteiger partial charge in [0.25, 0.3) is 11.1 Å². The van der Waals surface area contributed by atoms with Gasteiger partial charge in [0, 0.05) is 20.3 Å². The molecule has 0 aliphatic heterocycles. The van der Waals surface area contributed by atoms with Gasteiger partial charge in [0.05, 0.1) is 11.1 Å². The van der Waals surface area contributed by atoms with Crippen LogP contribution in [0.2, 0.25) is 0 Å². The summed E-state index contributed by atoms with van der Waals surface area (Å²) in [7, 11) is 2.48. The third-order valence-electron chi connectivity index (χ3n) is 3.84. The Balaban J connectivity index is 2.25. The fraction of sp³-hybridized carbons (Fsp3) is 0.125. The van der Waals surface area contributed by atoms with Gasteiger partial charge in [-0.1, -0.05) is 6.07 Å². The number of nitrogens with zero attached hydrogens (tertiary/aromatic N) is 6. The molecule has 0 amide bonds. The number of aromatic nitrogens is 3. The van der Waals surface area contributed by atoms with Crippen LogP contribution in [0.3, 0.4) is 0 Å². The molecule has 130 valence electrons. The molecule has 26 heavy (non-hydrogen) atoms. The van der Waals surface area contributed by atoms with Crippen molar-refractivity contribution in [2.24, 2.45) is 24.3 Å². The first-order valence-electron chi connectivity index (χ1n) is 7.32. The molecule has 0 bridgehead atoms. The van der Waals surface area contributed by atoms with Crippen LogP contribution >= 0.6 is 0 Å². The minimum absolute atomic E-state index is 0.191. The Hall–Kier alpha value is -4.00. The van der Waals surface area contributed by atoms with Gasteiger partial charge >= 0.3 is 5.69 Å². The lowest BCUT2D eigenvalue weighted by Crippen LogP contribution is -2.36. The van der Waals surface area contributed by atoms with Crippen LogP contribution in [0.15, 0.2) is 55.1 Å². The number of hydrogen-bond donors (Lipinski definition) is 1. The first-order chi connectivity index (χ1) is 12.4. The molecule has 10 heteroatoms. The monoisotopic (exact) mass is 352 g/mol. The number of fused-ring (bicyclic) bond motifs is 1. The molecule has 3 heterocycles. The molecule has 0 spiro atoms. The van der Waals surface area contributed by atoms with Crippen molar-refractivity contribution in [1.82, 2.24) is 13.5 Å². The van der Waals surface area contributed by atoms with Crippen LogP contribution < -0.4 is 16.8 Å². The van der Waals surface area contributed by atoms with Crippen LogP contribution in [0.25, 0.3) is 5.52 Å². The second kappa shape index (κ2) is 6.14. The first-order valence-corrected chi connectivity index (χ1v) is 7.32. The van der Waals surface area contributed by atoms with Crippen molar-refractivity contribution in [3.05, 3.63) is 67.2 Å². The Labute approximate surface area is 145 Å². The van der Waals surface area contributed by atoms with Gasteiger partial charge in [-0.25, -0.2) is 4.79 Å². The van der Waals surface area contributed by atoms with E-state index in [9.17, 15) is 24.8 Å². The molecule has 3 aromatic rings. The Bertz CT molecular complexity index is 1290. The predicted octanol–water partition coefficient (Wildman–Crippen LogP) is 0.690. The van der Waals surface area contributed by atoms with E-state index in [-0.39, 0.29) is 11.3 Å². The first kappa shape index (κ1) is 16.8. The molecule has 0 unspecified atom stereocenters. The lowest BCUT2D eigenvalue weighted by atomic mass is 10.2. The zero-order valence-corrected chi connectivity index (χ0v) is 13.7. The van der Waals surface area contributed by atoms with Gasteiger partial charge in [-0.05, 0) is 18.2 Å². The second-order valence-corrected chi connectivity index (χ2v) is 5.39. The van der Waals surface area contributed by atoms with Gasteiger partial charge < -0.3 is 5.11 Å². The highest BCUT2D eigenvalue weighted by Crippen LogP contribution is 2.22. The highest BCUT2D eigenvalue weighted by molar-refractivity contribution is 5.64. The Morgan fingerprint density at radius 2 is 1.81 bits per heavy atom. The summed E-state index contributed by atoms with van der Waals surface area (Å²) in [6.45, 7) is 0. The van der Waals surface area contributed by atoms with E-state index in [1.165, 1.54) is 30.8 Å². The quantitative estimate of drug-likeness (QED) is 0.677. The summed E-state index contributed by atoms with van der Waals surface area (Å²) in [5, 5.41) is 26.6. The van der Waals surface area contributed by atoms with Crippen molar-refractivity contribution in [3.8, 4) is 11.9 Å². The minimum Gasteiger partial charge on any atom is -0.493 e. The predicted molar refractivity (Wildman–Crippen MR) is 91.1 cm³/mol. The molecule has 0 radical (unpaired) electrons. The van der Waals surface area contributed by atoms with Gasteiger partial charge in [-0.2, -0.15) is 5.26 Å². The van der Waals surface area contributed by atoms with Crippen molar-refractivity contribution >= 4 is 16.9 Å². The third-order valence-corrected chi connectivity index (χ3v) is 3.84. The van der Waals surface area contributed by atoms with Crippen LogP contribution in [-0.4, -0.2) is 18.6 Å². The number of pyridine rings is 2. The molecule has 0 aromatic carbocycles. The van der Waals surface area contributed by atoms with E-state index >= 15 is 0 Å². The number of nitriles is 1. The number of azo groups is 1. The molecule has 3 rings (SSSR count). The smallest absolute Gasteiger partial charge is 0.333 e. The van der Waals surface area contributed by atoms with E-state index in [0.717, 1.165) is 9.13 Å². The lowest BCUT2D eigenvalue weighted by molar-refractivity contribution is 0.413. The van der Waals surface area contributed by atoms with Gasteiger partial charge in [0.15, 0.2) is 5.69 Å². The van der Waals surface area contributed by atoms with E-state index in [1.54, 1.807) is 18.2 Å². The molecule has 10 nitrogen and oxygen atoms in total. The Morgan fingerprint density at radius 3 is 2.50 bits per heavy atom. The van der Waals surface area contributed by atoms with E-state index < -0.39 is 28.4 Å². The van der Waals surface area contributed by atoms with E-state index in [4.69, 9.17) is 0 Å². The molecule has 0 fully saturated rings. The van der Waals surface area contributed by atoms with Crippen LogP contribution in [-0.2, 0) is 14.1 Å². The van der Waals surface area contributed by atoms with Crippen molar-refractivity contribution < 1.29 is 5.11 Å². The average molecular weight is 352 g/mol. The largest absolute Gasteiger partial charge is 0.493 e. The Morgan fingerprint density at radius 1 is 1.08 bits per heavy atom. The molecule has 0 aliphatic rings. The summed E-state index contributed by atoms with van der Waals surface area (Å²) in [6.07, 6.45) is 1.47. The van der Waals surface area contributed by atoms with Crippen molar-refractivity contribution in [2.75, 3.05) is 0 Å². The summed E-state index contributed by atoms with van der Waals surface area (Å²) < 4.78 is 2.80.